The van der Waals surface area contributed by atoms with Crippen molar-refractivity contribution in [1.29, 1.82) is 0 Å². The molecule has 1 atom stereocenters. The fraction of sp³-hybridized carbons (Fsp3) is 0.0909. The standard InChI is InChI=1S/C22H19BrN2O2S/c1-15-10-12-16(13-11-15)28(26,27)25-22(18-7-2-4-8-20(18)23)19-14-24-21-9-5-3-6-17(19)21/h2-14,22,24-25H,1H3/t22-/m0/s1. The molecule has 4 nitrogen and oxygen atoms in total. The van der Waals surface area contributed by atoms with Crippen LogP contribution >= 0.6 is 15.9 Å². The van der Waals surface area contributed by atoms with E-state index in [1.807, 2.05) is 61.7 Å². The second-order valence-electron chi connectivity index (χ2n) is 6.68. The summed E-state index contributed by atoms with van der Waals surface area (Å²) >= 11 is 3.57. The van der Waals surface area contributed by atoms with Crippen LogP contribution in [0.1, 0.15) is 22.7 Å². The Labute approximate surface area is 172 Å². The van der Waals surface area contributed by atoms with Crippen LogP contribution in [0.25, 0.3) is 10.9 Å². The molecule has 0 fully saturated rings. The summed E-state index contributed by atoms with van der Waals surface area (Å²) in [6, 6.07) is 21.8. The lowest BCUT2D eigenvalue weighted by molar-refractivity contribution is 0.572. The van der Waals surface area contributed by atoms with Gasteiger partial charge in [0, 0.05) is 21.6 Å². The van der Waals surface area contributed by atoms with E-state index in [-0.39, 0.29) is 4.90 Å². The van der Waals surface area contributed by atoms with Crippen LogP contribution in [0.4, 0.5) is 0 Å². The Hall–Kier alpha value is -2.41. The van der Waals surface area contributed by atoms with Gasteiger partial charge < -0.3 is 4.98 Å². The van der Waals surface area contributed by atoms with Gasteiger partial charge in [-0.05, 0) is 42.3 Å². The first kappa shape index (κ1) is 18.9. The van der Waals surface area contributed by atoms with Gasteiger partial charge in [0.25, 0.3) is 0 Å². The van der Waals surface area contributed by atoms with Gasteiger partial charge in [-0.3, -0.25) is 0 Å². The molecule has 0 aliphatic heterocycles. The van der Waals surface area contributed by atoms with Crippen LogP contribution in [0.15, 0.2) is 88.4 Å². The summed E-state index contributed by atoms with van der Waals surface area (Å²) in [5.74, 6) is 0. The zero-order chi connectivity index (χ0) is 19.7. The third-order valence-electron chi connectivity index (χ3n) is 4.75. The number of hydrogen-bond acceptors (Lipinski definition) is 2. The van der Waals surface area contributed by atoms with E-state index in [2.05, 4.69) is 25.6 Å². The van der Waals surface area contributed by atoms with Crippen molar-refractivity contribution in [2.45, 2.75) is 17.9 Å². The molecular weight excluding hydrogens is 436 g/mol. The number of benzene rings is 3. The molecule has 142 valence electrons. The van der Waals surface area contributed by atoms with E-state index in [1.165, 1.54) is 0 Å². The molecule has 1 heterocycles. The van der Waals surface area contributed by atoms with Gasteiger partial charge in [0.15, 0.2) is 0 Å². The van der Waals surface area contributed by atoms with E-state index < -0.39 is 16.1 Å². The van der Waals surface area contributed by atoms with Gasteiger partial charge in [-0.1, -0.05) is 70.0 Å². The third-order valence-corrected chi connectivity index (χ3v) is 6.91. The lowest BCUT2D eigenvalue weighted by Gasteiger charge is -2.20. The highest BCUT2D eigenvalue weighted by molar-refractivity contribution is 9.10. The number of nitrogens with one attached hydrogen (secondary N) is 2. The van der Waals surface area contributed by atoms with Gasteiger partial charge in [0.2, 0.25) is 10.0 Å². The van der Waals surface area contributed by atoms with Crippen LogP contribution in [-0.4, -0.2) is 13.4 Å². The maximum atomic E-state index is 13.1. The van der Waals surface area contributed by atoms with Crippen molar-refractivity contribution in [3.8, 4) is 0 Å². The minimum Gasteiger partial charge on any atom is -0.361 e. The van der Waals surface area contributed by atoms with Crippen molar-refractivity contribution in [1.82, 2.24) is 9.71 Å². The van der Waals surface area contributed by atoms with E-state index in [9.17, 15) is 8.42 Å². The molecule has 0 spiro atoms. The zero-order valence-corrected chi connectivity index (χ0v) is 17.6. The SMILES string of the molecule is Cc1ccc(S(=O)(=O)N[C@@H](c2ccccc2Br)c2c[nH]c3ccccc23)cc1. The molecule has 0 aliphatic carbocycles. The van der Waals surface area contributed by atoms with E-state index in [0.29, 0.717) is 0 Å². The van der Waals surface area contributed by atoms with Crippen molar-refractivity contribution in [2.24, 2.45) is 0 Å². The molecule has 3 aromatic carbocycles. The summed E-state index contributed by atoms with van der Waals surface area (Å²) in [5.41, 5.74) is 3.70. The molecule has 0 saturated heterocycles. The maximum Gasteiger partial charge on any atom is 0.241 e. The van der Waals surface area contributed by atoms with Gasteiger partial charge in [-0.15, -0.1) is 0 Å². The quantitative estimate of drug-likeness (QED) is 0.429. The second kappa shape index (κ2) is 7.54. The van der Waals surface area contributed by atoms with Crippen LogP contribution in [0, 0.1) is 6.92 Å². The van der Waals surface area contributed by atoms with Crippen molar-refractivity contribution in [3.05, 3.63) is 100 Å². The number of aromatic amines is 1. The average Bonchev–Trinajstić information content (AvgIpc) is 3.11. The number of aryl methyl sites for hydroxylation is 1. The Morgan fingerprint density at radius 1 is 0.893 bits per heavy atom. The van der Waals surface area contributed by atoms with E-state index in [4.69, 9.17) is 0 Å². The monoisotopic (exact) mass is 454 g/mol. The first-order chi connectivity index (χ1) is 13.5. The van der Waals surface area contributed by atoms with Crippen LogP contribution < -0.4 is 4.72 Å². The zero-order valence-electron chi connectivity index (χ0n) is 15.2. The molecule has 6 heteroatoms. The summed E-state index contributed by atoms with van der Waals surface area (Å²) in [6.07, 6.45) is 1.87. The first-order valence-electron chi connectivity index (χ1n) is 8.85. The number of H-pyrrole nitrogens is 1. The van der Waals surface area contributed by atoms with Crippen LogP contribution in [0.2, 0.25) is 0 Å². The summed E-state index contributed by atoms with van der Waals surface area (Å²) in [6.45, 7) is 1.93. The molecule has 1 aromatic heterocycles. The van der Waals surface area contributed by atoms with E-state index >= 15 is 0 Å². The van der Waals surface area contributed by atoms with Gasteiger partial charge in [0.05, 0.1) is 10.9 Å². The fourth-order valence-corrected chi connectivity index (χ4v) is 4.99. The number of para-hydroxylation sites is 1. The minimum absolute atomic E-state index is 0.245. The topological polar surface area (TPSA) is 62.0 Å². The molecule has 0 unspecified atom stereocenters. The second-order valence-corrected chi connectivity index (χ2v) is 9.25. The highest BCUT2D eigenvalue weighted by atomic mass is 79.9. The van der Waals surface area contributed by atoms with Gasteiger partial charge in [-0.2, -0.15) is 4.72 Å². The van der Waals surface area contributed by atoms with Gasteiger partial charge >= 0.3 is 0 Å². The Morgan fingerprint density at radius 2 is 1.57 bits per heavy atom. The van der Waals surface area contributed by atoms with Crippen LogP contribution in [-0.2, 0) is 10.0 Å². The molecule has 2 N–H and O–H groups in total. The molecule has 28 heavy (non-hydrogen) atoms. The summed E-state index contributed by atoms with van der Waals surface area (Å²) in [4.78, 5) is 3.49. The average molecular weight is 455 g/mol. The molecule has 0 bridgehead atoms. The molecule has 0 aliphatic rings. The molecule has 4 rings (SSSR count). The van der Waals surface area contributed by atoms with Crippen molar-refractivity contribution in [2.75, 3.05) is 0 Å². The Balaban J connectivity index is 1.84. The predicted octanol–water partition coefficient (Wildman–Crippen LogP) is 5.31. The van der Waals surface area contributed by atoms with Crippen molar-refractivity contribution < 1.29 is 8.42 Å². The van der Waals surface area contributed by atoms with Crippen LogP contribution in [0.3, 0.4) is 0 Å². The van der Waals surface area contributed by atoms with Crippen molar-refractivity contribution >= 4 is 36.9 Å². The molecular formula is C22H19BrN2O2S. The molecule has 4 aromatic rings. The maximum absolute atomic E-state index is 13.1. The Bertz CT molecular complexity index is 1230. The van der Waals surface area contributed by atoms with Crippen molar-refractivity contribution in [3.63, 3.8) is 0 Å². The smallest absolute Gasteiger partial charge is 0.241 e. The Kier molecular flexibility index (Phi) is 5.10. The summed E-state index contributed by atoms with van der Waals surface area (Å²) in [5, 5.41) is 0.981. The molecule has 0 saturated carbocycles. The molecule has 0 amide bonds. The number of fused-ring (bicyclic) bond motifs is 1. The van der Waals surface area contributed by atoms with E-state index in [0.717, 1.165) is 32.1 Å². The molecule has 0 radical (unpaired) electrons. The lowest BCUT2D eigenvalue weighted by Crippen LogP contribution is -2.29. The third kappa shape index (κ3) is 3.63. The highest BCUT2D eigenvalue weighted by Gasteiger charge is 2.26. The largest absolute Gasteiger partial charge is 0.361 e. The normalized spacial score (nSPS) is 12.9. The van der Waals surface area contributed by atoms with Gasteiger partial charge in [0.1, 0.15) is 0 Å². The Morgan fingerprint density at radius 3 is 2.32 bits per heavy atom. The number of rotatable bonds is 5. The number of hydrogen-bond donors (Lipinski definition) is 2. The number of sulfonamides is 1. The number of halogens is 1. The highest BCUT2D eigenvalue weighted by Crippen LogP contribution is 2.34. The number of aromatic nitrogens is 1. The lowest BCUT2D eigenvalue weighted by atomic mass is 9.99. The van der Waals surface area contributed by atoms with E-state index in [1.54, 1.807) is 24.3 Å². The summed E-state index contributed by atoms with van der Waals surface area (Å²) in [7, 11) is -3.72. The predicted molar refractivity (Wildman–Crippen MR) is 116 cm³/mol. The minimum atomic E-state index is -3.72. The first-order valence-corrected chi connectivity index (χ1v) is 11.1. The van der Waals surface area contributed by atoms with Crippen LogP contribution in [0.5, 0.6) is 0 Å². The fourth-order valence-electron chi connectivity index (χ4n) is 3.28. The summed E-state index contributed by atoms with van der Waals surface area (Å²) < 4.78 is 30.0. The van der Waals surface area contributed by atoms with Gasteiger partial charge in [-0.25, -0.2) is 8.42 Å².